The highest BCUT2D eigenvalue weighted by atomic mass is 16.4. The van der Waals surface area contributed by atoms with Gasteiger partial charge in [-0.1, -0.05) is 25.0 Å². The van der Waals surface area contributed by atoms with Crippen LogP contribution < -0.4 is 5.32 Å². The molecule has 0 bridgehead atoms. The van der Waals surface area contributed by atoms with Gasteiger partial charge in [-0.15, -0.1) is 0 Å². The molecule has 110 valence electrons. The lowest BCUT2D eigenvalue weighted by Crippen LogP contribution is -2.32. The van der Waals surface area contributed by atoms with E-state index in [0.717, 1.165) is 18.4 Å². The SMILES string of the molecule is N#CC1(C(=O)Nc2ccc(CCC(=O)O)cc2)CCCC1. The van der Waals surface area contributed by atoms with E-state index < -0.39 is 11.4 Å². The van der Waals surface area contributed by atoms with Gasteiger partial charge < -0.3 is 10.4 Å². The average Bonchev–Trinajstić information content (AvgIpc) is 2.96. The number of aliphatic carboxylic acids is 1. The third kappa shape index (κ3) is 3.60. The van der Waals surface area contributed by atoms with Crippen LogP contribution >= 0.6 is 0 Å². The molecule has 0 spiro atoms. The van der Waals surface area contributed by atoms with Crippen LogP contribution in [0.15, 0.2) is 24.3 Å². The molecule has 0 aliphatic heterocycles. The van der Waals surface area contributed by atoms with E-state index in [4.69, 9.17) is 5.11 Å². The van der Waals surface area contributed by atoms with Crippen molar-refractivity contribution in [2.24, 2.45) is 5.41 Å². The number of benzene rings is 1. The van der Waals surface area contributed by atoms with Crippen molar-refractivity contribution in [3.63, 3.8) is 0 Å². The topological polar surface area (TPSA) is 90.2 Å². The predicted molar refractivity (Wildman–Crippen MR) is 77.5 cm³/mol. The fourth-order valence-corrected chi connectivity index (χ4v) is 2.62. The van der Waals surface area contributed by atoms with E-state index in [1.54, 1.807) is 24.3 Å². The molecule has 1 aliphatic carbocycles. The Hall–Kier alpha value is -2.35. The standard InChI is InChI=1S/C16H18N2O3/c17-11-16(9-1-2-10-16)15(21)18-13-6-3-12(4-7-13)5-8-14(19)20/h3-4,6-7H,1-2,5,8-10H2,(H,18,21)(H,19,20). The summed E-state index contributed by atoms with van der Waals surface area (Å²) in [5, 5.41) is 20.7. The summed E-state index contributed by atoms with van der Waals surface area (Å²) in [5.74, 6) is -1.06. The maximum absolute atomic E-state index is 12.3. The summed E-state index contributed by atoms with van der Waals surface area (Å²) in [6.07, 6.45) is 3.61. The molecular formula is C16H18N2O3. The third-order valence-electron chi connectivity index (χ3n) is 3.95. The molecule has 5 nitrogen and oxygen atoms in total. The molecule has 1 saturated carbocycles. The summed E-state index contributed by atoms with van der Waals surface area (Å²) in [6.45, 7) is 0. The van der Waals surface area contributed by atoms with Gasteiger partial charge in [-0.05, 0) is 37.0 Å². The van der Waals surface area contributed by atoms with E-state index in [9.17, 15) is 14.9 Å². The molecule has 0 saturated heterocycles. The van der Waals surface area contributed by atoms with Crippen LogP contribution in [-0.2, 0) is 16.0 Å². The first-order valence-electron chi connectivity index (χ1n) is 7.09. The van der Waals surface area contributed by atoms with Crippen molar-refractivity contribution in [1.82, 2.24) is 0 Å². The monoisotopic (exact) mass is 286 g/mol. The lowest BCUT2D eigenvalue weighted by atomic mass is 9.87. The van der Waals surface area contributed by atoms with Gasteiger partial charge in [0.05, 0.1) is 6.07 Å². The number of rotatable bonds is 5. The van der Waals surface area contributed by atoms with Crippen molar-refractivity contribution in [1.29, 1.82) is 5.26 Å². The van der Waals surface area contributed by atoms with Gasteiger partial charge in [-0.3, -0.25) is 9.59 Å². The molecule has 21 heavy (non-hydrogen) atoms. The highest BCUT2D eigenvalue weighted by Gasteiger charge is 2.41. The van der Waals surface area contributed by atoms with E-state index in [0.29, 0.717) is 24.9 Å². The number of nitrogens with one attached hydrogen (secondary N) is 1. The second kappa shape index (κ2) is 6.40. The number of nitrogens with zero attached hydrogens (tertiary/aromatic N) is 1. The van der Waals surface area contributed by atoms with E-state index in [1.165, 1.54) is 0 Å². The molecule has 1 amide bonds. The van der Waals surface area contributed by atoms with Crippen LogP contribution in [0.4, 0.5) is 5.69 Å². The molecule has 0 unspecified atom stereocenters. The van der Waals surface area contributed by atoms with Gasteiger partial charge in [-0.25, -0.2) is 0 Å². The maximum Gasteiger partial charge on any atom is 0.303 e. The van der Waals surface area contributed by atoms with Crippen molar-refractivity contribution in [3.05, 3.63) is 29.8 Å². The third-order valence-corrected chi connectivity index (χ3v) is 3.95. The molecule has 0 heterocycles. The highest BCUT2D eigenvalue weighted by molar-refractivity contribution is 5.97. The van der Waals surface area contributed by atoms with Crippen LogP contribution in [0.5, 0.6) is 0 Å². The van der Waals surface area contributed by atoms with E-state index in [2.05, 4.69) is 11.4 Å². The van der Waals surface area contributed by atoms with Gasteiger partial charge in [0.15, 0.2) is 0 Å². The zero-order chi connectivity index (χ0) is 15.3. The van der Waals surface area contributed by atoms with Gasteiger partial charge in [0.1, 0.15) is 5.41 Å². The lowest BCUT2D eigenvalue weighted by molar-refractivity contribution is -0.137. The van der Waals surface area contributed by atoms with Crippen LogP contribution in [0.1, 0.15) is 37.7 Å². The molecule has 0 aromatic heterocycles. The Balaban J connectivity index is 1.98. The maximum atomic E-state index is 12.3. The molecule has 2 rings (SSSR count). The van der Waals surface area contributed by atoms with E-state index >= 15 is 0 Å². The van der Waals surface area contributed by atoms with Crippen molar-refractivity contribution in [2.45, 2.75) is 38.5 Å². The summed E-state index contributed by atoms with van der Waals surface area (Å²) < 4.78 is 0. The Morgan fingerprint density at radius 3 is 2.38 bits per heavy atom. The predicted octanol–water partition coefficient (Wildman–Crippen LogP) is 2.73. The first kappa shape index (κ1) is 15.0. The molecule has 0 radical (unpaired) electrons. The minimum absolute atomic E-state index is 0.0866. The quantitative estimate of drug-likeness (QED) is 0.870. The Morgan fingerprint density at radius 1 is 1.24 bits per heavy atom. The first-order valence-corrected chi connectivity index (χ1v) is 7.09. The van der Waals surface area contributed by atoms with Gasteiger partial charge in [0.25, 0.3) is 0 Å². The van der Waals surface area contributed by atoms with Crippen molar-refractivity contribution >= 4 is 17.6 Å². The van der Waals surface area contributed by atoms with Gasteiger partial charge in [0, 0.05) is 12.1 Å². The smallest absolute Gasteiger partial charge is 0.303 e. The number of carboxylic acids is 1. The lowest BCUT2D eigenvalue weighted by Gasteiger charge is -2.19. The number of hydrogen-bond acceptors (Lipinski definition) is 3. The minimum atomic E-state index is -0.887. The van der Waals surface area contributed by atoms with Crippen molar-refractivity contribution in [3.8, 4) is 6.07 Å². The van der Waals surface area contributed by atoms with Crippen molar-refractivity contribution < 1.29 is 14.7 Å². The molecule has 1 fully saturated rings. The number of hydrogen-bond donors (Lipinski definition) is 2. The van der Waals surface area contributed by atoms with Crippen LogP contribution in [-0.4, -0.2) is 17.0 Å². The van der Waals surface area contributed by atoms with Crippen LogP contribution in [0.2, 0.25) is 0 Å². The largest absolute Gasteiger partial charge is 0.481 e. The van der Waals surface area contributed by atoms with Crippen LogP contribution in [0.3, 0.4) is 0 Å². The Kier molecular flexibility index (Phi) is 4.59. The molecule has 1 aliphatic rings. The summed E-state index contributed by atoms with van der Waals surface area (Å²) in [4.78, 5) is 22.8. The number of carbonyl (C=O) groups is 2. The number of carboxylic acid groups (broad SMARTS) is 1. The molecule has 1 aromatic rings. The molecule has 5 heteroatoms. The summed E-state index contributed by atoms with van der Waals surface area (Å²) in [7, 11) is 0. The zero-order valence-electron chi connectivity index (χ0n) is 11.8. The fourth-order valence-electron chi connectivity index (χ4n) is 2.62. The van der Waals surface area contributed by atoms with Crippen LogP contribution in [0, 0.1) is 16.7 Å². The van der Waals surface area contributed by atoms with E-state index in [-0.39, 0.29) is 12.3 Å². The number of carbonyl (C=O) groups excluding carboxylic acids is 1. The van der Waals surface area contributed by atoms with Gasteiger partial charge in [0.2, 0.25) is 5.91 Å². The zero-order valence-corrected chi connectivity index (χ0v) is 11.8. The number of anilines is 1. The summed E-state index contributed by atoms with van der Waals surface area (Å²) in [6, 6.07) is 9.25. The minimum Gasteiger partial charge on any atom is -0.481 e. The fraction of sp³-hybridized carbons (Fsp3) is 0.438. The van der Waals surface area contributed by atoms with Gasteiger partial charge >= 0.3 is 5.97 Å². The Bertz CT molecular complexity index is 566. The average molecular weight is 286 g/mol. The van der Waals surface area contributed by atoms with Crippen LogP contribution in [0.25, 0.3) is 0 Å². The summed E-state index contributed by atoms with van der Waals surface area (Å²) in [5.41, 5.74) is 0.661. The Morgan fingerprint density at radius 2 is 1.86 bits per heavy atom. The molecular weight excluding hydrogens is 268 g/mol. The molecule has 1 aromatic carbocycles. The van der Waals surface area contributed by atoms with Gasteiger partial charge in [-0.2, -0.15) is 5.26 Å². The second-order valence-electron chi connectivity index (χ2n) is 5.45. The van der Waals surface area contributed by atoms with Crippen molar-refractivity contribution in [2.75, 3.05) is 5.32 Å². The number of aryl methyl sites for hydroxylation is 1. The Labute approximate surface area is 123 Å². The number of amides is 1. The number of nitriles is 1. The molecule has 0 atom stereocenters. The molecule has 2 N–H and O–H groups in total. The second-order valence-corrected chi connectivity index (χ2v) is 5.45. The summed E-state index contributed by atoms with van der Waals surface area (Å²) >= 11 is 0. The highest BCUT2D eigenvalue weighted by Crippen LogP contribution is 2.38. The normalized spacial score (nSPS) is 16.1. The first-order chi connectivity index (χ1) is 10.1. The van der Waals surface area contributed by atoms with E-state index in [1.807, 2.05) is 0 Å².